The van der Waals surface area contributed by atoms with Crippen LogP contribution in [-0.2, 0) is 4.79 Å². The van der Waals surface area contributed by atoms with Crippen LogP contribution in [0, 0.1) is 6.92 Å². The van der Waals surface area contributed by atoms with Gasteiger partial charge in [0.2, 0.25) is 5.91 Å². The second-order valence-corrected chi connectivity index (χ2v) is 4.66. The quantitative estimate of drug-likeness (QED) is 0.842. The molecule has 18 heavy (non-hydrogen) atoms. The first-order valence-electron chi connectivity index (χ1n) is 6.11. The Morgan fingerprint density at radius 1 is 1.39 bits per heavy atom. The SMILES string of the molecule is Cc1cncc(C(=O)N2CCCC[C@@H]2C(N)=O)c1. The number of pyridine rings is 1. The van der Waals surface area contributed by atoms with Crippen molar-refractivity contribution < 1.29 is 9.59 Å². The maximum atomic E-state index is 12.3. The molecule has 5 heteroatoms. The molecule has 2 amide bonds. The van der Waals surface area contributed by atoms with E-state index in [1.165, 1.54) is 6.20 Å². The highest BCUT2D eigenvalue weighted by Gasteiger charge is 2.31. The lowest BCUT2D eigenvalue weighted by molar-refractivity contribution is -0.123. The maximum absolute atomic E-state index is 12.3. The van der Waals surface area contributed by atoms with Crippen molar-refractivity contribution in [3.05, 3.63) is 29.6 Å². The second kappa shape index (κ2) is 5.16. The van der Waals surface area contributed by atoms with Gasteiger partial charge in [-0.1, -0.05) is 0 Å². The van der Waals surface area contributed by atoms with E-state index >= 15 is 0 Å². The number of nitrogens with two attached hydrogens (primary N) is 1. The van der Waals surface area contributed by atoms with Crippen LogP contribution in [-0.4, -0.2) is 34.3 Å². The Balaban J connectivity index is 2.23. The molecule has 0 spiro atoms. The molecule has 1 aliphatic rings. The summed E-state index contributed by atoms with van der Waals surface area (Å²) < 4.78 is 0. The summed E-state index contributed by atoms with van der Waals surface area (Å²) in [5.41, 5.74) is 6.80. The number of rotatable bonds is 2. The number of hydrogen-bond acceptors (Lipinski definition) is 3. The Morgan fingerprint density at radius 3 is 2.83 bits per heavy atom. The lowest BCUT2D eigenvalue weighted by Gasteiger charge is -2.33. The van der Waals surface area contributed by atoms with E-state index in [2.05, 4.69) is 4.98 Å². The first kappa shape index (κ1) is 12.5. The zero-order chi connectivity index (χ0) is 13.1. The van der Waals surface area contributed by atoms with Crippen LogP contribution in [0.1, 0.15) is 35.2 Å². The lowest BCUT2D eigenvalue weighted by atomic mass is 10.0. The van der Waals surface area contributed by atoms with Crippen LogP contribution in [0.3, 0.4) is 0 Å². The predicted molar refractivity (Wildman–Crippen MR) is 66.8 cm³/mol. The van der Waals surface area contributed by atoms with E-state index in [1.54, 1.807) is 17.2 Å². The van der Waals surface area contributed by atoms with Gasteiger partial charge in [-0.25, -0.2) is 0 Å². The van der Waals surface area contributed by atoms with Crippen molar-refractivity contribution in [2.75, 3.05) is 6.54 Å². The van der Waals surface area contributed by atoms with Crippen molar-refractivity contribution in [2.24, 2.45) is 5.73 Å². The van der Waals surface area contributed by atoms with Gasteiger partial charge in [-0.15, -0.1) is 0 Å². The van der Waals surface area contributed by atoms with Crippen molar-refractivity contribution in [1.82, 2.24) is 9.88 Å². The van der Waals surface area contributed by atoms with Crippen LogP contribution in [0.15, 0.2) is 18.5 Å². The number of aromatic nitrogens is 1. The molecular weight excluding hydrogens is 230 g/mol. The maximum Gasteiger partial charge on any atom is 0.256 e. The topological polar surface area (TPSA) is 76.3 Å². The Kier molecular flexibility index (Phi) is 3.60. The molecule has 0 saturated carbocycles. The van der Waals surface area contributed by atoms with Crippen molar-refractivity contribution in [1.29, 1.82) is 0 Å². The Bertz CT molecular complexity index is 473. The third-order valence-corrected chi connectivity index (χ3v) is 3.21. The van der Waals surface area contributed by atoms with Gasteiger partial charge in [0.05, 0.1) is 5.56 Å². The number of amides is 2. The molecule has 1 atom stereocenters. The van der Waals surface area contributed by atoms with E-state index in [0.29, 0.717) is 18.5 Å². The normalized spacial score (nSPS) is 19.6. The minimum Gasteiger partial charge on any atom is -0.368 e. The van der Waals surface area contributed by atoms with E-state index in [-0.39, 0.29) is 5.91 Å². The smallest absolute Gasteiger partial charge is 0.256 e. The molecule has 1 saturated heterocycles. The summed E-state index contributed by atoms with van der Waals surface area (Å²) >= 11 is 0. The number of carbonyl (C=O) groups excluding carboxylic acids is 2. The molecule has 96 valence electrons. The summed E-state index contributed by atoms with van der Waals surface area (Å²) in [6.07, 6.45) is 5.72. The molecule has 5 nitrogen and oxygen atoms in total. The molecule has 1 aromatic rings. The van der Waals surface area contributed by atoms with Crippen molar-refractivity contribution in [3.8, 4) is 0 Å². The van der Waals surface area contributed by atoms with E-state index in [9.17, 15) is 9.59 Å². The highest BCUT2D eigenvalue weighted by atomic mass is 16.2. The monoisotopic (exact) mass is 247 g/mol. The number of hydrogen-bond donors (Lipinski definition) is 1. The van der Waals surface area contributed by atoms with Gasteiger partial charge in [-0.3, -0.25) is 14.6 Å². The standard InChI is InChI=1S/C13H17N3O2/c1-9-6-10(8-15-7-9)13(18)16-5-3-2-4-11(16)12(14)17/h6-8,11H,2-5H2,1H3,(H2,14,17)/t11-/m1/s1. The van der Waals surface area contributed by atoms with Crippen LogP contribution < -0.4 is 5.73 Å². The lowest BCUT2D eigenvalue weighted by Crippen LogP contribution is -2.50. The van der Waals surface area contributed by atoms with Crippen LogP contribution in [0.25, 0.3) is 0 Å². The third-order valence-electron chi connectivity index (χ3n) is 3.21. The van der Waals surface area contributed by atoms with Gasteiger partial charge in [0.25, 0.3) is 5.91 Å². The average Bonchev–Trinajstić information content (AvgIpc) is 2.38. The Hall–Kier alpha value is -1.91. The fraction of sp³-hybridized carbons (Fsp3) is 0.462. The highest BCUT2D eigenvalue weighted by molar-refractivity contribution is 5.97. The predicted octanol–water partition coefficient (Wildman–Crippen LogP) is 0.870. The summed E-state index contributed by atoms with van der Waals surface area (Å²) in [6.45, 7) is 2.46. The molecular formula is C13H17N3O2. The van der Waals surface area contributed by atoms with Gasteiger partial charge in [-0.05, 0) is 37.8 Å². The van der Waals surface area contributed by atoms with Crippen molar-refractivity contribution >= 4 is 11.8 Å². The van der Waals surface area contributed by atoms with Crippen molar-refractivity contribution in [2.45, 2.75) is 32.2 Å². The average molecular weight is 247 g/mol. The van der Waals surface area contributed by atoms with Crippen LogP contribution in [0.4, 0.5) is 0 Å². The summed E-state index contributed by atoms with van der Waals surface area (Å²) in [5, 5.41) is 0. The number of primary amides is 1. The molecule has 2 heterocycles. The second-order valence-electron chi connectivity index (χ2n) is 4.66. The Labute approximate surface area is 106 Å². The molecule has 0 bridgehead atoms. The largest absolute Gasteiger partial charge is 0.368 e. The Morgan fingerprint density at radius 2 is 2.17 bits per heavy atom. The highest BCUT2D eigenvalue weighted by Crippen LogP contribution is 2.19. The first-order chi connectivity index (χ1) is 8.59. The number of piperidine rings is 1. The summed E-state index contributed by atoms with van der Waals surface area (Å²) in [5.74, 6) is -0.585. The number of aryl methyl sites for hydroxylation is 1. The molecule has 1 fully saturated rings. The van der Waals surface area contributed by atoms with Gasteiger partial charge in [0, 0.05) is 18.9 Å². The number of carbonyl (C=O) groups is 2. The van der Waals surface area contributed by atoms with Crippen LogP contribution >= 0.6 is 0 Å². The van der Waals surface area contributed by atoms with E-state index in [1.807, 2.05) is 6.92 Å². The molecule has 1 aromatic heterocycles. The van der Waals surface area contributed by atoms with Gasteiger partial charge < -0.3 is 10.6 Å². The fourth-order valence-corrected chi connectivity index (χ4v) is 2.31. The zero-order valence-corrected chi connectivity index (χ0v) is 10.4. The van der Waals surface area contributed by atoms with Crippen LogP contribution in [0.5, 0.6) is 0 Å². The van der Waals surface area contributed by atoms with Crippen molar-refractivity contribution in [3.63, 3.8) is 0 Å². The molecule has 0 unspecified atom stereocenters. The van der Waals surface area contributed by atoms with Gasteiger partial charge in [-0.2, -0.15) is 0 Å². The molecule has 0 aromatic carbocycles. The molecule has 1 aliphatic heterocycles. The van der Waals surface area contributed by atoms with E-state index < -0.39 is 11.9 Å². The summed E-state index contributed by atoms with van der Waals surface area (Å²) in [7, 11) is 0. The third kappa shape index (κ3) is 2.50. The minimum atomic E-state index is -0.480. The van der Waals surface area contributed by atoms with Gasteiger partial charge >= 0.3 is 0 Å². The van der Waals surface area contributed by atoms with E-state index in [0.717, 1.165) is 18.4 Å². The number of likely N-dealkylation sites (tertiary alicyclic amines) is 1. The molecule has 0 radical (unpaired) electrons. The van der Waals surface area contributed by atoms with E-state index in [4.69, 9.17) is 5.73 Å². The van der Waals surface area contributed by atoms with Crippen LogP contribution in [0.2, 0.25) is 0 Å². The first-order valence-corrected chi connectivity index (χ1v) is 6.11. The minimum absolute atomic E-state index is 0.158. The molecule has 0 aliphatic carbocycles. The zero-order valence-electron chi connectivity index (χ0n) is 10.4. The van der Waals surface area contributed by atoms with Gasteiger partial charge in [0.15, 0.2) is 0 Å². The number of nitrogens with zero attached hydrogens (tertiary/aromatic N) is 2. The fourth-order valence-electron chi connectivity index (χ4n) is 2.31. The molecule has 2 N–H and O–H groups in total. The molecule has 2 rings (SSSR count). The summed E-state index contributed by atoms with van der Waals surface area (Å²) in [4.78, 5) is 29.3. The summed E-state index contributed by atoms with van der Waals surface area (Å²) in [6, 6.07) is 1.30. The van der Waals surface area contributed by atoms with Gasteiger partial charge in [0.1, 0.15) is 6.04 Å².